The predicted octanol–water partition coefficient (Wildman–Crippen LogP) is 1.57. The maximum absolute atomic E-state index is 11.3. The molecule has 1 amide bonds. The first-order valence-corrected chi connectivity index (χ1v) is 5.01. The zero-order valence-corrected chi connectivity index (χ0v) is 9.70. The van der Waals surface area contributed by atoms with Crippen molar-refractivity contribution in [3.63, 3.8) is 0 Å². The van der Waals surface area contributed by atoms with Gasteiger partial charge in [0.1, 0.15) is 6.04 Å². The quantitative estimate of drug-likeness (QED) is 0.681. The van der Waals surface area contributed by atoms with Crippen LogP contribution in [0.4, 0.5) is 0 Å². The number of hydrogen-bond acceptors (Lipinski definition) is 2. The van der Waals surface area contributed by atoms with E-state index in [4.69, 9.17) is 5.11 Å². The van der Waals surface area contributed by atoms with Gasteiger partial charge >= 0.3 is 5.97 Å². The molecule has 0 saturated heterocycles. The first kappa shape index (κ1) is 13.7. The number of hydrogen-bond donors (Lipinski definition) is 2. The maximum atomic E-state index is 11.3. The Labute approximate surface area is 90.4 Å². The van der Waals surface area contributed by atoms with Gasteiger partial charge in [-0.05, 0) is 26.2 Å². The molecule has 0 rings (SSSR count). The van der Waals surface area contributed by atoms with Gasteiger partial charge in [-0.1, -0.05) is 19.4 Å². The first-order chi connectivity index (χ1) is 6.82. The SMILES string of the molecule is CC(C)=CC(=O)NC(CC(C)C)C(=O)O. The van der Waals surface area contributed by atoms with E-state index in [9.17, 15) is 9.59 Å². The van der Waals surface area contributed by atoms with Gasteiger partial charge in [0.25, 0.3) is 0 Å². The van der Waals surface area contributed by atoms with Crippen LogP contribution >= 0.6 is 0 Å². The van der Waals surface area contributed by atoms with E-state index in [0.717, 1.165) is 5.57 Å². The van der Waals surface area contributed by atoms with Gasteiger partial charge in [-0.15, -0.1) is 0 Å². The lowest BCUT2D eigenvalue weighted by Gasteiger charge is -2.15. The molecule has 0 fully saturated rings. The summed E-state index contributed by atoms with van der Waals surface area (Å²) in [4.78, 5) is 22.1. The molecule has 0 radical (unpaired) electrons. The van der Waals surface area contributed by atoms with Crippen molar-refractivity contribution in [2.75, 3.05) is 0 Å². The van der Waals surface area contributed by atoms with E-state index in [1.54, 1.807) is 13.8 Å². The van der Waals surface area contributed by atoms with Crippen LogP contribution < -0.4 is 5.32 Å². The summed E-state index contributed by atoms with van der Waals surface area (Å²) in [6, 6.07) is -0.798. The normalized spacial score (nSPS) is 12.1. The molecule has 0 heterocycles. The van der Waals surface area contributed by atoms with Crippen LogP contribution in [0, 0.1) is 5.92 Å². The highest BCUT2D eigenvalue weighted by molar-refractivity contribution is 5.91. The van der Waals surface area contributed by atoms with Gasteiger partial charge in [0.05, 0.1) is 0 Å². The van der Waals surface area contributed by atoms with Crippen molar-refractivity contribution in [3.8, 4) is 0 Å². The van der Waals surface area contributed by atoms with Crippen molar-refractivity contribution in [2.45, 2.75) is 40.2 Å². The van der Waals surface area contributed by atoms with Crippen molar-refractivity contribution in [1.82, 2.24) is 5.32 Å². The molecule has 0 aromatic rings. The molecule has 1 unspecified atom stereocenters. The Balaban J connectivity index is 4.36. The van der Waals surface area contributed by atoms with Crippen LogP contribution in [0.15, 0.2) is 11.6 Å². The Morgan fingerprint density at radius 3 is 2.20 bits per heavy atom. The number of nitrogens with one attached hydrogen (secondary N) is 1. The highest BCUT2D eigenvalue weighted by Gasteiger charge is 2.19. The fourth-order valence-corrected chi connectivity index (χ4v) is 1.17. The smallest absolute Gasteiger partial charge is 0.326 e. The van der Waals surface area contributed by atoms with E-state index < -0.39 is 12.0 Å². The fourth-order valence-electron chi connectivity index (χ4n) is 1.17. The minimum atomic E-state index is -0.987. The summed E-state index contributed by atoms with van der Waals surface area (Å²) in [7, 11) is 0. The van der Waals surface area contributed by atoms with E-state index in [-0.39, 0.29) is 11.8 Å². The van der Waals surface area contributed by atoms with Crippen LogP contribution in [0.3, 0.4) is 0 Å². The van der Waals surface area contributed by atoms with Crippen LogP contribution in [0.5, 0.6) is 0 Å². The fraction of sp³-hybridized carbons (Fsp3) is 0.636. The zero-order valence-electron chi connectivity index (χ0n) is 9.70. The van der Waals surface area contributed by atoms with E-state index in [2.05, 4.69) is 5.32 Å². The van der Waals surface area contributed by atoms with E-state index >= 15 is 0 Å². The Kier molecular flexibility index (Phi) is 5.67. The number of carboxylic acids is 1. The molecule has 0 spiro atoms. The Bertz CT molecular complexity index is 265. The van der Waals surface area contributed by atoms with Gasteiger partial charge in [-0.2, -0.15) is 0 Å². The highest BCUT2D eigenvalue weighted by Crippen LogP contribution is 2.05. The third kappa shape index (κ3) is 6.71. The number of amides is 1. The molecule has 2 N–H and O–H groups in total. The van der Waals surface area contributed by atoms with E-state index in [1.165, 1.54) is 6.08 Å². The summed E-state index contributed by atoms with van der Waals surface area (Å²) in [6.07, 6.45) is 1.84. The van der Waals surface area contributed by atoms with Crippen molar-refractivity contribution in [3.05, 3.63) is 11.6 Å². The van der Waals surface area contributed by atoms with Crippen molar-refractivity contribution >= 4 is 11.9 Å². The summed E-state index contributed by atoms with van der Waals surface area (Å²) in [5, 5.41) is 11.3. The molecule has 0 aromatic carbocycles. The molecule has 4 heteroatoms. The van der Waals surface area contributed by atoms with Crippen molar-refractivity contribution in [1.29, 1.82) is 0 Å². The van der Waals surface area contributed by atoms with Crippen LogP contribution in [0.25, 0.3) is 0 Å². The molecular weight excluding hydrogens is 194 g/mol. The second kappa shape index (κ2) is 6.22. The summed E-state index contributed by atoms with van der Waals surface area (Å²) in [6.45, 7) is 7.42. The summed E-state index contributed by atoms with van der Waals surface area (Å²) in [5.41, 5.74) is 0.848. The Morgan fingerprint density at radius 2 is 1.87 bits per heavy atom. The number of aliphatic carboxylic acids is 1. The minimum absolute atomic E-state index is 0.234. The maximum Gasteiger partial charge on any atom is 0.326 e. The average molecular weight is 213 g/mol. The summed E-state index contributed by atoms with van der Waals surface area (Å²) in [5.74, 6) is -1.10. The van der Waals surface area contributed by atoms with Gasteiger partial charge in [0.2, 0.25) is 5.91 Å². The van der Waals surface area contributed by atoms with Crippen LogP contribution in [-0.2, 0) is 9.59 Å². The number of rotatable bonds is 5. The molecule has 0 aromatic heterocycles. The van der Waals surface area contributed by atoms with Gasteiger partial charge in [0.15, 0.2) is 0 Å². The molecule has 0 aliphatic carbocycles. The van der Waals surface area contributed by atoms with Crippen LogP contribution in [0.2, 0.25) is 0 Å². The lowest BCUT2D eigenvalue weighted by atomic mass is 10.0. The van der Waals surface area contributed by atoms with Crippen molar-refractivity contribution < 1.29 is 14.7 Å². The third-order valence-electron chi connectivity index (χ3n) is 1.74. The Hall–Kier alpha value is -1.32. The molecule has 4 nitrogen and oxygen atoms in total. The van der Waals surface area contributed by atoms with E-state index in [1.807, 2.05) is 13.8 Å². The van der Waals surface area contributed by atoms with Crippen LogP contribution in [0.1, 0.15) is 34.1 Å². The van der Waals surface area contributed by atoms with Gasteiger partial charge in [-0.25, -0.2) is 4.79 Å². The average Bonchev–Trinajstić information content (AvgIpc) is 1.99. The standard InChI is InChI=1S/C11H19NO3/c1-7(2)5-9(11(14)15)12-10(13)6-8(3)4/h6-7,9H,5H2,1-4H3,(H,12,13)(H,14,15). The first-order valence-electron chi connectivity index (χ1n) is 5.01. The monoisotopic (exact) mass is 213 g/mol. The Morgan fingerprint density at radius 1 is 1.33 bits per heavy atom. The minimum Gasteiger partial charge on any atom is -0.480 e. The number of carbonyl (C=O) groups is 2. The van der Waals surface area contributed by atoms with Crippen molar-refractivity contribution in [2.24, 2.45) is 5.92 Å². The molecule has 0 aliphatic rings. The van der Waals surface area contributed by atoms with Gasteiger partial charge in [-0.3, -0.25) is 4.79 Å². The molecule has 15 heavy (non-hydrogen) atoms. The largest absolute Gasteiger partial charge is 0.480 e. The van der Waals surface area contributed by atoms with Crippen LogP contribution in [-0.4, -0.2) is 23.0 Å². The number of allylic oxidation sites excluding steroid dienone is 1. The summed E-state index contributed by atoms with van der Waals surface area (Å²) < 4.78 is 0. The van der Waals surface area contributed by atoms with E-state index in [0.29, 0.717) is 6.42 Å². The molecule has 86 valence electrons. The van der Waals surface area contributed by atoms with Gasteiger partial charge < -0.3 is 10.4 Å². The molecule has 0 aliphatic heterocycles. The highest BCUT2D eigenvalue weighted by atomic mass is 16.4. The second-order valence-corrected chi connectivity index (χ2v) is 4.25. The molecule has 0 saturated carbocycles. The van der Waals surface area contributed by atoms with Gasteiger partial charge in [0, 0.05) is 6.08 Å². The topological polar surface area (TPSA) is 66.4 Å². The molecular formula is C11H19NO3. The number of carbonyl (C=O) groups excluding carboxylic acids is 1. The third-order valence-corrected chi connectivity index (χ3v) is 1.74. The predicted molar refractivity (Wildman–Crippen MR) is 58.5 cm³/mol. The molecule has 0 bridgehead atoms. The zero-order chi connectivity index (χ0) is 12.0. The molecule has 1 atom stereocenters. The lowest BCUT2D eigenvalue weighted by molar-refractivity contribution is -0.141. The second-order valence-electron chi connectivity index (χ2n) is 4.25. The summed E-state index contributed by atoms with van der Waals surface area (Å²) >= 11 is 0. The lowest BCUT2D eigenvalue weighted by Crippen LogP contribution is -2.40. The number of carboxylic acid groups (broad SMARTS) is 1.